The number of hydrogen-bond acceptors (Lipinski definition) is 5. The quantitative estimate of drug-likeness (QED) is 0.837. The lowest BCUT2D eigenvalue weighted by molar-refractivity contribution is -0.201. The van der Waals surface area contributed by atoms with Gasteiger partial charge in [0.25, 0.3) is 0 Å². The first kappa shape index (κ1) is 14.7. The lowest BCUT2D eigenvalue weighted by Gasteiger charge is -2.35. The average molecular weight is 277 g/mol. The van der Waals surface area contributed by atoms with Gasteiger partial charge in [0.1, 0.15) is 0 Å². The second-order valence-corrected chi connectivity index (χ2v) is 6.14. The maximum absolute atomic E-state index is 11.8. The summed E-state index contributed by atoms with van der Waals surface area (Å²) in [6.07, 6.45) is 0. The summed E-state index contributed by atoms with van der Waals surface area (Å²) in [5.74, 6) is -0.185. The molecule has 0 amide bonds. The van der Waals surface area contributed by atoms with Gasteiger partial charge in [-0.1, -0.05) is 6.07 Å². The molecule has 1 aromatic carbocycles. The van der Waals surface area contributed by atoms with Gasteiger partial charge in [0.05, 0.1) is 18.5 Å². The topological polar surface area (TPSA) is 58.8 Å². The van der Waals surface area contributed by atoms with Gasteiger partial charge in [-0.15, -0.1) is 5.06 Å². The van der Waals surface area contributed by atoms with Gasteiger partial charge in [-0.3, -0.25) is 0 Å². The van der Waals surface area contributed by atoms with E-state index in [0.717, 1.165) is 24.5 Å². The number of hydroxylamine groups is 2. The van der Waals surface area contributed by atoms with E-state index >= 15 is 0 Å². The molecule has 1 aliphatic heterocycles. The molecule has 0 spiro atoms. The Balaban J connectivity index is 1.88. The highest BCUT2D eigenvalue weighted by atomic mass is 16.7. The number of hydrogen-bond donors (Lipinski definition) is 1. The highest BCUT2D eigenvalue weighted by Gasteiger charge is 2.27. The van der Waals surface area contributed by atoms with Crippen LogP contribution in [0.2, 0.25) is 0 Å². The zero-order chi connectivity index (χ0) is 14.8. The normalized spacial score (nSPS) is 17.1. The standard InChI is InChI=1S/C15H23N3O2/c1-15(2,3)14(19)20-18-9-7-17(8-10-18)13-6-4-5-12(16)11-13/h4-6,11H,7-10,16H2,1-3H3. The maximum atomic E-state index is 11.8. The first-order valence-electron chi connectivity index (χ1n) is 6.94. The molecule has 110 valence electrons. The van der Waals surface area contributed by atoms with Gasteiger partial charge >= 0.3 is 5.97 Å². The SMILES string of the molecule is CC(C)(C)C(=O)ON1CCN(c2cccc(N)c2)CC1. The lowest BCUT2D eigenvalue weighted by Crippen LogP contribution is -2.48. The van der Waals surface area contributed by atoms with Gasteiger partial charge in [-0.25, -0.2) is 4.79 Å². The Morgan fingerprint density at radius 3 is 2.40 bits per heavy atom. The maximum Gasteiger partial charge on any atom is 0.330 e. The molecule has 0 aliphatic carbocycles. The molecule has 0 bridgehead atoms. The van der Waals surface area contributed by atoms with E-state index in [1.54, 1.807) is 5.06 Å². The summed E-state index contributed by atoms with van der Waals surface area (Å²) in [6.45, 7) is 8.63. The number of anilines is 2. The molecule has 0 unspecified atom stereocenters. The molecule has 1 aliphatic rings. The Morgan fingerprint density at radius 2 is 1.85 bits per heavy atom. The molecule has 5 heteroatoms. The number of nitrogens with two attached hydrogens (primary N) is 1. The summed E-state index contributed by atoms with van der Waals surface area (Å²) in [4.78, 5) is 19.5. The minimum Gasteiger partial charge on any atom is -0.399 e. The van der Waals surface area contributed by atoms with E-state index in [2.05, 4.69) is 4.90 Å². The number of benzene rings is 1. The van der Waals surface area contributed by atoms with E-state index < -0.39 is 5.41 Å². The average Bonchev–Trinajstić information content (AvgIpc) is 2.38. The van der Waals surface area contributed by atoms with Crippen molar-refractivity contribution in [2.45, 2.75) is 20.8 Å². The Hall–Kier alpha value is -1.75. The van der Waals surface area contributed by atoms with Gasteiger partial charge in [0, 0.05) is 24.5 Å². The van der Waals surface area contributed by atoms with E-state index in [1.165, 1.54) is 0 Å². The molecule has 20 heavy (non-hydrogen) atoms. The number of rotatable bonds is 2. The molecule has 0 aromatic heterocycles. The van der Waals surface area contributed by atoms with Crippen molar-refractivity contribution in [2.75, 3.05) is 36.8 Å². The van der Waals surface area contributed by atoms with E-state index in [9.17, 15) is 4.79 Å². The third-order valence-corrected chi connectivity index (χ3v) is 3.30. The van der Waals surface area contributed by atoms with Crippen LogP contribution in [0.25, 0.3) is 0 Å². The van der Waals surface area contributed by atoms with E-state index in [4.69, 9.17) is 10.6 Å². The monoisotopic (exact) mass is 277 g/mol. The van der Waals surface area contributed by atoms with Gasteiger partial charge in [0.2, 0.25) is 0 Å². The zero-order valence-electron chi connectivity index (χ0n) is 12.4. The van der Waals surface area contributed by atoms with Crippen LogP contribution >= 0.6 is 0 Å². The van der Waals surface area contributed by atoms with Crippen molar-refractivity contribution in [1.82, 2.24) is 5.06 Å². The summed E-state index contributed by atoms with van der Waals surface area (Å²) in [5.41, 5.74) is 7.22. The fourth-order valence-electron chi connectivity index (χ4n) is 2.01. The summed E-state index contributed by atoms with van der Waals surface area (Å²) in [7, 11) is 0. The molecule has 2 rings (SSSR count). The third kappa shape index (κ3) is 3.63. The summed E-state index contributed by atoms with van der Waals surface area (Å²) < 4.78 is 0. The first-order chi connectivity index (χ1) is 9.36. The van der Waals surface area contributed by atoms with Crippen LogP contribution in [0, 0.1) is 5.41 Å². The van der Waals surface area contributed by atoms with E-state index in [0.29, 0.717) is 13.1 Å². The fourth-order valence-corrected chi connectivity index (χ4v) is 2.01. The molecular formula is C15H23N3O2. The van der Waals surface area contributed by atoms with E-state index in [1.807, 2.05) is 45.0 Å². The predicted octanol–water partition coefficient (Wildman–Crippen LogP) is 1.90. The largest absolute Gasteiger partial charge is 0.399 e. The summed E-state index contributed by atoms with van der Waals surface area (Å²) in [5, 5.41) is 1.75. The Morgan fingerprint density at radius 1 is 1.20 bits per heavy atom. The first-order valence-corrected chi connectivity index (χ1v) is 6.94. The number of carbonyl (C=O) groups is 1. The van der Waals surface area contributed by atoms with Crippen molar-refractivity contribution in [1.29, 1.82) is 0 Å². The minimum atomic E-state index is -0.467. The van der Waals surface area contributed by atoms with Crippen LogP contribution in [0.15, 0.2) is 24.3 Å². The smallest absolute Gasteiger partial charge is 0.330 e. The third-order valence-electron chi connectivity index (χ3n) is 3.30. The highest BCUT2D eigenvalue weighted by molar-refractivity contribution is 5.75. The van der Waals surface area contributed by atoms with Gasteiger partial charge < -0.3 is 15.5 Å². The van der Waals surface area contributed by atoms with Crippen molar-refractivity contribution in [3.05, 3.63) is 24.3 Å². The molecule has 0 radical (unpaired) electrons. The predicted molar refractivity (Wildman–Crippen MR) is 80.2 cm³/mol. The molecule has 1 saturated heterocycles. The van der Waals surface area contributed by atoms with Gasteiger partial charge in [-0.2, -0.15) is 0 Å². The zero-order valence-corrected chi connectivity index (χ0v) is 12.4. The fraction of sp³-hybridized carbons (Fsp3) is 0.533. The van der Waals surface area contributed by atoms with Crippen LogP contribution in [0.4, 0.5) is 11.4 Å². The van der Waals surface area contributed by atoms with Crippen molar-refractivity contribution in [3.63, 3.8) is 0 Å². The van der Waals surface area contributed by atoms with Crippen LogP contribution < -0.4 is 10.6 Å². The second kappa shape index (κ2) is 5.71. The molecule has 0 atom stereocenters. The molecular weight excluding hydrogens is 254 g/mol. The second-order valence-electron chi connectivity index (χ2n) is 6.14. The number of piperazine rings is 1. The molecule has 1 aromatic rings. The van der Waals surface area contributed by atoms with E-state index in [-0.39, 0.29) is 5.97 Å². The summed E-state index contributed by atoms with van der Waals surface area (Å²) in [6, 6.07) is 7.85. The molecule has 5 nitrogen and oxygen atoms in total. The number of nitrogen functional groups attached to an aromatic ring is 1. The molecule has 2 N–H and O–H groups in total. The van der Waals surface area contributed by atoms with Crippen LogP contribution in [-0.2, 0) is 9.63 Å². The lowest BCUT2D eigenvalue weighted by atomic mass is 9.98. The highest BCUT2D eigenvalue weighted by Crippen LogP contribution is 2.20. The van der Waals surface area contributed by atoms with Crippen molar-refractivity contribution >= 4 is 17.3 Å². The summed E-state index contributed by atoms with van der Waals surface area (Å²) >= 11 is 0. The van der Waals surface area contributed by atoms with Gasteiger partial charge in [0.15, 0.2) is 0 Å². The van der Waals surface area contributed by atoms with Crippen molar-refractivity contribution < 1.29 is 9.63 Å². The molecule has 1 heterocycles. The Labute approximate surface area is 120 Å². The van der Waals surface area contributed by atoms with Crippen LogP contribution in [-0.4, -0.2) is 37.2 Å². The number of nitrogens with zero attached hydrogens (tertiary/aromatic N) is 2. The van der Waals surface area contributed by atoms with Crippen LogP contribution in [0.5, 0.6) is 0 Å². The minimum absolute atomic E-state index is 0.185. The Bertz CT molecular complexity index is 474. The Kier molecular flexibility index (Phi) is 4.18. The van der Waals surface area contributed by atoms with Crippen LogP contribution in [0.3, 0.4) is 0 Å². The van der Waals surface area contributed by atoms with Crippen molar-refractivity contribution in [3.8, 4) is 0 Å². The molecule has 0 saturated carbocycles. The van der Waals surface area contributed by atoms with Gasteiger partial charge in [-0.05, 0) is 39.0 Å². The molecule has 1 fully saturated rings. The van der Waals surface area contributed by atoms with Crippen molar-refractivity contribution in [2.24, 2.45) is 5.41 Å². The van der Waals surface area contributed by atoms with Crippen LogP contribution in [0.1, 0.15) is 20.8 Å². The number of carbonyl (C=O) groups excluding carboxylic acids is 1.